The molecule has 0 aliphatic rings. The van der Waals surface area contributed by atoms with E-state index in [1.54, 1.807) is 12.5 Å². The van der Waals surface area contributed by atoms with Gasteiger partial charge in [-0.2, -0.15) is 23.0 Å². The average molecular weight is 413 g/mol. The fourth-order valence-electron chi connectivity index (χ4n) is 2.50. The zero-order chi connectivity index (χ0) is 20.3. The van der Waals surface area contributed by atoms with Crippen molar-refractivity contribution in [3.8, 4) is 5.82 Å². The van der Waals surface area contributed by atoms with Crippen molar-refractivity contribution in [3.63, 3.8) is 0 Å². The highest BCUT2D eigenvalue weighted by Crippen LogP contribution is 2.28. The van der Waals surface area contributed by atoms with Crippen LogP contribution in [0.4, 0.5) is 18.9 Å². The standard InChI is InChI=1S/C17H16ClF3N6O/c1-11(9-26-5-4-22-10-26)6-23-13-8-25-27(16(28)15(13)18)14-3-2-12(7-24-14)17(19,20)21/h2-5,7-8,10-11,23H,6,9H2,1H3/t11-/m0/s1. The average Bonchev–Trinajstić information content (AvgIpc) is 3.15. The highest BCUT2D eigenvalue weighted by molar-refractivity contribution is 6.32. The van der Waals surface area contributed by atoms with Crippen molar-refractivity contribution in [3.05, 3.63) is 64.2 Å². The molecule has 1 N–H and O–H groups in total. The van der Waals surface area contributed by atoms with Gasteiger partial charge >= 0.3 is 6.18 Å². The molecule has 3 heterocycles. The summed E-state index contributed by atoms with van der Waals surface area (Å²) in [6.45, 7) is 3.27. The molecule has 0 fully saturated rings. The van der Waals surface area contributed by atoms with Gasteiger partial charge in [-0.1, -0.05) is 18.5 Å². The third-order valence-electron chi connectivity index (χ3n) is 3.93. The summed E-state index contributed by atoms with van der Waals surface area (Å²) in [4.78, 5) is 20.1. The van der Waals surface area contributed by atoms with E-state index in [2.05, 4.69) is 20.4 Å². The van der Waals surface area contributed by atoms with Crippen LogP contribution >= 0.6 is 11.6 Å². The molecule has 0 aliphatic carbocycles. The van der Waals surface area contributed by atoms with Crippen LogP contribution in [0.25, 0.3) is 5.82 Å². The van der Waals surface area contributed by atoms with Crippen molar-refractivity contribution < 1.29 is 13.2 Å². The van der Waals surface area contributed by atoms with Crippen LogP contribution < -0.4 is 10.9 Å². The summed E-state index contributed by atoms with van der Waals surface area (Å²) in [5.74, 6) is 0.157. The Kier molecular flexibility index (Phi) is 5.68. The van der Waals surface area contributed by atoms with E-state index in [1.807, 2.05) is 17.7 Å². The number of anilines is 1. The molecule has 3 aromatic heterocycles. The maximum absolute atomic E-state index is 12.6. The maximum atomic E-state index is 12.6. The van der Waals surface area contributed by atoms with Gasteiger partial charge in [0.25, 0.3) is 5.56 Å². The molecule has 0 unspecified atom stereocenters. The van der Waals surface area contributed by atoms with Crippen molar-refractivity contribution in [1.29, 1.82) is 0 Å². The number of hydrogen-bond acceptors (Lipinski definition) is 5. The van der Waals surface area contributed by atoms with Crippen LogP contribution in [0.1, 0.15) is 12.5 Å². The number of aromatic nitrogens is 5. The fourth-order valence-corrected chi connectivity index (χ4v) is 2.70. The minimum absolute atomic E-state index is 0.0556. The third kappa shape index (κ3) is 4.50. The third-order valence-corrected chi connectivity index (χ3v) is 4.30. The first-order chi connectivity index (χ1) is 13.3. The first-order valence-corrected chi connectivity index (χ1v) is 8.64. The lowest BCUT2D eigenvalue weighted by atomic mass is 10.2. The zero-order valence-electron chi connectivity index (χ0n) is 14.7. The number of pyridine rings is 1. The Balaban J connectivity index is 1.73. The molecule has 28 heavy (non-hydrogen) atoms. The Morgan fingerprint density at radius 3 is 2.68 bits per heavy atom. The van der Waals surface area contributed by atoms with Crippen molar-refractivity contribution in [2.45, 2.75) is 19.6 Å². The Labute approximate surface area is 162 Å². The van der Waals surface area contributed by atoms with Crippen LogP contribution in [0.2, 0.25) is 5.02 Å². The molecule has 0 aromatic carbocycles. The molecule has 7 nitrogen and oxygen atoms in total. The summed E-state index contributed by atoms with van der Waals surface area (Å²) in [5, 5.41) is 6.90. The molecule has 3 aromatic rings. The smallest absolute Gasteiger partial charge is 0.382 e. The molecule has 0 bridgehead atoms. The molecule has 0 saturated carbocycles. The Morgan fingerprint density at radius 1 is 1.29 bits per heavy atom. The zero-order valence-corrected chi connectivity index (χ0v) is 15.4. The molecule has 3 rings (SSSR count). The summed E-state index contributed by atoms with van der Waals surface area (Å²) >= 11 is 6.12. The van der Waals surface area contributed by atoms with Gasteiger partial charge in [-0.25, -0.2) is 9.97 Å². The van der Waals surface area contributed by atoms with Gasteiger partial charge in [0, 0.05) is 31.7 Å². The summed E-state index contributed by atoms with van der Waals surface area (Å²) in [6.07, 6.45) is 2.72. The van der Waals surface area contributed by atoms with E-state index < -0.39 is 17.3 Å². The molecule has 11 heteroatoms. The quantitative estimate of drug-likeness (QED) is 0.672. The SMILES string of the molecule is C[C@@H](CNc1cnn(-c2ccc(C(F)(F)F)cn2)c(=O)c1Cl)Cn1ccnc1. The van der Waals surface area contributed by atoms with E-state index in [-0.39, 0.29) is 16.8 Å². The minimum Gasteiger partial charge on any atom is -0.382 e. The first-order valence-electron chi connectivity index (χ1n) is 8.27. The van der Waals surface area contributed by atoms with E-state index in [1.165, 1.54) is 6.20 Å². The second-order valence-electron chi connectivity index (χ2n) is 6.24. The summed E-state index contributed by atoms with van der Waals surface area (Å²) < 4.78 is 40.7. The van der Waals surface area contributed by atoms with Crippen molar-refractivity contribution in [2.24, 2.45) is 5.92 Å². The topological polar surface area (TPSA) is 77.6 Å². The highest BCUT2D eigenvalue weighted by Gasteiger charge is 2.30. The molecule has 0 radical (unpaired) electrons. The second kappa shape index (κ2) is 8.01. The van der Waals surface area contributed by atoms with Gasteiger partial charge in [0.1, 0.15) is 5.02 Å². The van der Waals surface area contributed by atoms with Crippen LogP contribution in [-0.4, -0.2) is 30.9 Å². The first kappa shape index (κ1) is 19.9. The number of rotatable bonds is 6. The lowest BCUT2D eigenvalue weighted by molar-refractivity contribution is -0.137. The minimum atomic E-state index is -4.51. The van der Waals surface area contributed by atoms with Gasteiger partial charge in [0.05, 0.1) is 23.8 Å². The number of halogens is 4. The van der Waals surface area contributed by atoms with Gasteiger partial charge in [-0.05, 0) is 18.1 Å². The molecule has 0 amide bonds. The summed E-state index contributed by atoms with van der Waals surface area (Å²) in [5.41, 5.74) is -1.26. The molecule has 0 aliphatic heterocycles. The van der Waals surface area contributed by atoms with E-state index in [0.717, 1.165) is 23.4 Å². The number of nitrogens with zero attached hydrogens (tertiary/aromatic N) is 5. The number of hydrogen-bond donors (Lipinski definition) is 1. The predicted octanol–water partition coefficient (Wildman–Crippen LogP) is 3.24. The largest absolute Gasteiger partial charge is 0.417 e. The number of alkyl halides is 3. The lowest BCUT2D eigenvalue weighted by Gasteiger charge is -2.15. The fraction of sp³-hybridized carbons (Fsp3) is 0.294. The Morgan fingerprint density at radius 2 is 2.07 bits per heavy atom. The maximum Gasteiger partial charge on any atom is 0.417 e. The van der Waals surface area contributed by atoms with Gasteiger partial charge in [0.2, 0.25) is 0 Å². The van der Waals surface area contributed by atoms with Gasteiger partial charge in [-0.3, -0.25) is 4.79 Å². The van der Waals surface area contributed by atoms with Crippen molar-refractivity contribution in [2.75, 3.05) is 11.9 Å². The molecule has 0 spiro atoms. The van der Waals surface area contributed by atoms with Crippen molar-refractivity contribution in [1.82, 2.24) is 24.3 Å². The van der Waals surface area contributed by atoms with E-state index >= 15 is 0 Å². The van der Waals surface area contributed by atoms with Crippen LogP contribution in [0.5, 0.6) is 0 Å². The molecule has 0 saturated heterocycles. The van der Waals surface area contributed by atoms with E-state index in [0.29, 0.717) is 18.4 Å². The Bertz CT molecular complexity index is 986. The second-order valence-corrected chi connectivity index (χ2v) is 6.62. The van der Waals surface area contributed by atoms with Crippen LogP contribution in [0, 0.1) is 5.92 Å². The van der Waals surface area contributed by atoms with Gasteiger partial charge < -0.3 is 9.88 Å². The number of nitrogens with one attached hydrogen (secondary N) is 1. The molecular weight excluding hydrogens is 397 g/mol. The van der Waals surface area contributed by atoms with Gasteiger partial charge in [0.15, 0.2) is 5.82 Å². The lowest BCUT2D eigenvalue weighted by Crippen LogP contribution is -2.25. The molecule has 148 valence electrons. The Hall–Kier alpha value is -2.88. The van der Waals surface area contributed by atoms with E-state index in [9.17, 15) is 18.0 Å². The molecular formula is C17H16ClF3N6O. The van der Waals surface area contributed by atoms with Gasteiger partial charge in [-0.15, -0.1) is 0 Å². The van der Waals surface area contributed by atoms with Crippen LogP contribution in [0.15, 0.2) is 48.0 Å². The monoisotopic (exact) mass is 412 g/mol. The highest BCUT2D eigenvalue weighted by atomic mass is 35.5. The normalized spacial score (nSPS) is 12.8. The van der Waals surface area contributed by atoms with Crippen LogP contribution in [0.3, 0.4) is 0 Å². The van der Waals surface area contributed by atoms with E-state index in [4.69, 9.17) is 11.6 Å². The summed E-state index contributed by atoms with van der Waals surface area (Å²) in [6, 6.07) is 1.89. The van der Waals surface area contributed by atoms with Crippen molar-refractivity contribution >= 4 is 17.3 Å². The molecule has 1 atom stereocenters. The van der Waals surface area contributed by atoms with Crippen LogP contribution in [-0.2, 0) is 12.7 Å². The predicted molar refractivity (Wildman–Crippen MR) is 97.5 cm³/mol. The number of imidazole rings is 1. The summed E-state index contributed by atoms with van der Waals surface area (Å²) in [7, 11) is 0.